The van der Waals surface area contributed by atoms with Crippen molar-refractivity contribution in [1.82, 2.24) is 4.90 Å². The number of nitrogens with zero attached hydrogens (tertiary/aromatic N) is 1. The Kier molecular flexibility index (Phi) is 5.46. The third kappa shape index (κ3) is 3.61. The third-order valence-electron chi connectivity index (χ3n) is 3.93. The van der Waals surface area contributed by atoms with E-state index in [2.05, 4.69) is 6.07 Å². The van der Waals surface area contributed by atoms with Gasteiger partial charge in [-0.1, -0.05) is 48.0 Å². The van der Waals surface area contributed by atoms with E-state index >= 15 is 0 Å². The fourth-order valence-corrected chi connectivity index (χ4v) is 2.94. The molecule has 0 saturated heterocycles. The maximum Gasteiger partial charge on any atom is 0.321 e. The minimum Gasteiger partial charge on any atom is -0.480 e. The standard InChI is InChI=1S/C17H16ClNO2.ClH/c18-15-7-5-12(6-8-15)10-19-11-14-4-2-1-3-13(14)9-16(19)17(20)21;/h1-8,16H,9-11H2,(H,20,21);1H. The van der Waals surface area contributed by atoms with Crippen molar-refractivity contribution in [1.29, 1.82) is 0 Å². The van der Waals surface area contributed by atoms with Gasteiger partial charge < -0.3 is 5.11 Å². The van der Waals surface area contributed by atoms with Gasteiger partial charge in [0.25, 0.3) is 0 Å². The number of rotatable bonds is 3. The van der Waals surface area contributed by atoms with Crippen LogP contribution in [0.1, 0.15) is 16.7 Å². The first-order valence-corrected chi connectivity index (χ1v) is 7.29. The molecule has 1 aliphatic rings. The molecule has 1 N–H and O–H groups in total. The Morgan fingerprint density at radius 1 is 1.14 bits per heavy atom. The molecule has 0 spiro atoms. The predicted octanol–water partition coefficient (Wildman–Crippen LogP) is 3.77. The fraction of sp³-hybridized carbons (Fsp3) is 0.235. The number of carbonyl (C=O) groups is 1. The van der Waals surface area contributed by atoms with Crippen LogP contribution < -0.4 is 0 Å². The van der Waals surface area contributed by atoms with Crippen molar-refractivity contribution in [2.24, 2.45) is 0 Å². The third-order valence-corrected chi connectivity index (χ3v) is 4.18. The Morgan fingerprint density at radius 3 is 2.41 bits per heavy atom. The number of hydrogen-bond donors (Lipinski definition) is 1. The van der Waals surface area contributed by atoms with Crippen molar-refractivity contribution in [2.75, 3.05) is 0 Å². The fourth-order valence-electron chi connectivity index (χ4n) is 2.81. The Hall–Kier alpha value is -1.55. The second kappa shape index (κ2) is 7.14. The van der Waals surface area contributed by atoms with Crippen LogP contribution in [0.2, 0.25) is 5.02 Å². The summed E-state index contributed by atoms with van der Waals surface area (Å²) in [7, 11) is 0. The van der Waals surface area contributed by atoms with E-state index in [0.29, 0.717) is 24.5 Å². The molecule has 22 heavy (non-hydrogen) atoms. The summed E-state index contributed by atoms with van der Waals surface area (Å²) in [6.45, 7) is 1.28. The van der Waals surface area contributed by atoms with Crippen molar-refractivity contribution in [3.8, 4) is 0 Å². The summed E-state index contributed by atoms with van der Waals surface area (Å²) in [4.78, 5) is 13.6. The zero-order valence-electron chi connectivity index (χ0n) is 11.9. The summed E-state index contributed by atoms with van der Waals surface area (Å²) in [5.74, 6) is -0.765. The molecule has 0 amide bonds. The van der Waals surface area contributed by atoms with E-state index in [-0.39, 0.29) is 12.4 Å². The van der Waals surface area contributed by atoms with Gasteiger partial charge in [0.05, 0.1) is 0 Å². The molecule has 3 rings (SSSR count). The highest BCUT2D eigenvalue weighted by Gasteiger charge is 2.31. The largest absolute Gasteiger partial charge is 0.480 e. The van der Waals surface area contributed by atoms with Crippen LogP contribution in [0.3, 0.4) is 0 Å². The minimum atomic E-state index is -0.765. The van der Waals surface area contributed by atoms with Crippen LogP contribution in [0.4, 0.5) is 0 Å². The molecule has 116 valence electrons. The second-order valence-electron chi connectivity index (χ2n) is 5.36. The predicted molar refractivity (Wildman–Crippen MR) is 89.5 cm³/mol. The molecule has 2 aromatic rings. The highest BCUT2D eigenvalue weighted by molar-refractivity contribution is 6.30. The molecule has 1 atom stereocenters. The van der Waals surface area contributed by atoms with Crippen molar-refractivity contribution < 1.29 is 9.90 Å². The molecular weight excluding hydrogens is 321 g/mol. The van der Waals surface area contributed by atoms with Gasteiger partial charge in [0, 0.05) is 18.1 Å². The zero-order chi connectivity index (χ0) is 14.8. The molecule has 0 radical (unpaired) electrons. The van der Waals surface area contributed by atoms with Crippen molar-refractivity contribution in [3.05, 3.63) is 70.2 Å². The maximum atomic E-state index is 11.6. The van der Waals surface area contributed by atoms with E-state index in [4.69, 9.17) is 11.6 Å². The number of benzene rings is 2. The maximum absolute atomic E-state index is 11.6. The topological polar surface area (TPSA) is 40.5 Å². The monoisotopic (exact) mass is 337 g/mol. The van der Waals surface area contributed by atoms with Gasteiger partial charge in [0.1, 0.15) is 6.04 Å². The molecule has 3 nitrogen and oxygen atoms in total. The van der Waals surface area contributed by atoms with Crippen molar-refractivity contribution in [2.45, 2.75) is 25.6 Å². The second-order valence-corrected chi connectivity index (χ2v) is 5.79. The van der Waals surface area contributed by atoms with Crippen LogP contribution in [0, 0.1) is 0 Å². The summed E-state index contributed by atoms with van der Waals surface area (Å²) in [5.41, 5.74) is 3.42. The number of carboxylic acid groups (broad SMARTS) is 1. The lowest BCUT2D eigenvalue weighted by Crippen LogP contribution is -2.44. The Bertz CT molecular complexity index is 658. The molecule has 2 aromatic carbocycles. The average Bonchev–Trinajstić information content (AvgIpc) is 2.48. The van der Waals surface area contributed by atoms with Crippen LogP contribution in [0.5, 0.6) is 0 Å². The molecule has 0 aliphatic carbocycles. The first-order chi connectivity index (χ1) is 10.1. The van der Waals surface area contributed by atoms with Gasteiger partial charge in [-0.25, -0.2) is 0 Å². The number of aliphatic carboxylic acids is 1. The van der Waals surface area contributed by atoms with Gasteiger partial charge >= 0.3 is 5.97 Å². The molecular formula is C17H17Cl2NO2. The molecule has 1 unspecified atom stereocenters. The van der Waals surface area contributed by atoms with Gasteiger partial charge in [-0.3, -0.25) is 9.69 Å². The quantitative estimate of drug-likeness (QED) is 0.926. The first kappa shape index (κ1) is 16.8. The molecule has 1 aliphatic heterocycles. The molecule has 0 aromatic heterocycles. The van der Waals surface area contributed by atoms with Gasteiger partial charge in [-0.2, -0.15) is 0 Å². The molecule has 5 heteroatoms. The van der Waals surface area contributed by atoms with Crippen LogP contribution in [-0.2, 0) is 24.3 Å². The van der Waals surface area contributed by atoms with Crippen LogP contribution in [-0.4, -0.2) is 22.0 Å². The summed E-state index contributed by atoms with van der Waals surface area (Å²) in [5, 5.41) is 10.2. The summed E-state index contributed by atoms with van der Waals surface area (Å²) >= 11 is 5.89. The van der Waals surface area contributed by atoms with E-state index < -0.39 is 12.0 Å². The number of fused-ring (bicyclic) bond motifs is 1. The Morgan fingerprint density at radius 2 is 1.77 bits per heavy atom. The average molecular weight is 338 g/mol. The first-order valence-electron chi connectivity index (χ1n) is 6.91. The minimum absolute atomic E-state index is 0. The highest BCUT2D eigenvalue weighted by atomic mass is 35.5. The normalized spacial score (nSPS) is 17.4. The smallest absolute Gasteiger partial charge is 0.321 e. The zero-order valence-corrected chi connectivity index (χ0v) is 13.5. The van der Waals surface area contributed by atoms with Crippen LogP contribution >= 0.6 is 24.0 Å². The lowest BCUT2D eigenvalue weighted by molar-refractivity contribution is -0.144. The number of carboxylic acids is 1. The van der Waals surface area contributed by atoms with Crippen molar-refractivity contribution >= 4 is 30.0 Å². The Labute approximate surface area is 140 Å². The van der Waals surface area contributed by atoms with Gasteiger partial charge in [-0.05, 0) is 35.2 Å². The summed E-state index contributed by atoms with van der Waals surface area (Å²) in [6, 6.07) is 15.1. The lowest BCUT2D eigenvalue weighted by atomic mass is 9.93. The van der Waals surface area contributed by atoms with Crippen LogP contribution in [0.15, 0.2) is 48.5 Å². The van der Waals surface area contributed by atoms with Gasteiger partial charge in [0.2, 0.25) is 0 Å². The van der Waals surface area contributed by atoms with Gasteiger partial charge in [0.15, 0.2) is 0 Å². The lowest BCUT2D eigenvalue weighted by Gasteiger charge is -2.34. The number of halogens is 2. The van der Waals surface area contributed by atoms with E-state index in [9.17, 15) is 9.90 Å². The van der Waals surface area contributed by atoms with E-state index in [1.165, 1.54) is 5.56 Å². The Balaban J connectivity index is 0.00000176. The van der Waals surface area contributed by atoms with Crippen LogP contribution in [0.25, 0.3) is 0 Å². The van der Waals surface area contributed by atoms with Crippen molar-refractivity contribution in [3.63, 3.8) is 0 Å². The molecule has 1 heterocycles. The molecule has 0 saturated carbocycles. The summed E-state index contributed by atoms with van der Waals surface area (Å²) < 4.78 is 0. The molecule has 0 fully saturated rings. The SMILES string of the molecule is Cl.O=C(O)C1Cc2ccccc2CN1Cc1ccc(Cl)cc1. The van der Waals surface area contributed by atoms with Gasteiger partial charge in [-0.15, -0.1) is 12.4 Å². The summed E-state index contributed by atoms with van der Waals surface area (Å²) in [6.07, 6.45) is 0.555. The molecule has 0 bridgehead atoms. The van der Waals surface area contributed by atoms with E-state index in [1.54, 1.807) is 0 Å². The highest BCUT2D eigenvalue weighted by Crippen LogP contribution is 2.25. The van der Waals surface area contributed by atoms with E-state index in [1.807, 2.05) is 47.4 Å². The van der Waals surface area contributed by atoms with E-state index in [0.717, 1.165) is 11.1 Å². The number of hydrogen-bond acceptors (Lipinski definition) is 2.